The van der Waals surface area contributed by atoms with Crippen molar-refractivity contribution in [2.75, 3.05) is 6.61 Å². The molecule has 2 saturated heterocycles. The van der Waals surface area contributed by atoms with Crippen molar-refractivity contribution in [2.24, 2.45) is 50.2 Å². The zero-order valence-corrected chi connectivity index (χ0v) is 34.3. The molecule has 0 radical (unpaired) electrons. The number of carboxylic acids is 3. The van der Waals surface area contributed by atoms with Crippen molar-refractivity contribution in [3.8, 4) is 0 Å². The smallest absolute Gasteiger partial charge is 0.335 e. The number of aliphatic hydroxyl groups is 6. The van der Waals surface area contributed by atoms with Crippen LogP contribution in [0.1, 0.15) is 106 Å². The van der Waals surface area contributed by atoms with Crippen LogP contribution in [-0.2, 0) is 33.3 Å². The van der Waals surface area contributed by atoms with Gasteiger partial charge in [0.05, 0.1) is 11.5 Å². The average Bonchev–Trinajstić information content (AvgIpc) is 3.15. The molecule has 0 amide bonds. The fourth-order valence-electron chi connectivity index (χ4n) is 13.5. The Balaban J connectivity index is 1.17. The van der Waals surface area contributed by atoms with Crippen LogP contribution in [0.15, 0.2) is 11.6 Å². The summed E-state index contributed by atoms with van der Waals surface area (Å²) in [6, 6.07) is 0. The molecule has 7 aliphatic rings. The van der Waals surface area contributed by atoms with Crippen LogP contribution < -0.4 is 0 Å². The van der Waals surface area contributed by atoms with Crippen LogP contribution in [0.3, 0.4) is 0 Å². The highest BCUT2D eigenvalue weighted by Gasteiger charge is 2.70. The van der Waals surface area contributed by atoms with Gasteiger partial charge < -0.3 is 64.9 Å². The summed E-state index contributed by atoms with van der Waals surface area (Å²) in [4.78, 5) is 36.5. The van der Waals surface area contributed by atoms with E-state index < -0.39 is 102 Å². The van der Waals surface area contributed by atoms with Gasteiger partial charge in [0.15, 0.2) is 24.8 Å². The lowest BCUT2D eigenvalue weighted by Crippen LogP contribution is -2.68. The van der Waals surface area contributed by atoms with Crippen molar-refractivity contribution in [1.82, 2.24) is 0 Å². The topological polar surface area (TPSA) is 270 Å². The predicted octanol–water partition coefficient (Wildman–Crippen LogP) is 2.04. The second-order valence-electron chi connectivity index (χ2n) is 20.5. The van der Waals surface area contributed by atoms with Crippen LogP contribution in [0.25, 0.3) is 0 Å². The second-order valence-corrected chi connectivity index (χ2v) is 20.5. The molecule has 0 aromatic carbocycles. The monoisotopic (exact) mass is 824 g/mol. The van der Waals surface area contributed by atoms with E-state index in [0.717, 1.165) is 38.5 Å². The fourth-order valence-corrected chi connectivity index (χ4v) is 13.5. The fraction of sp³-hybridized carbons (Fsp3) is 0.881. The molecule has 16 nitrogen and oxygen atoms in total. The van der Waals surface area contributed by atoms with Gasteiger partial charge in [-0.3, -0.25) is 4.79 Å². The first kappa shape index (κ1) is 43.8. The van der Waals surface area contributed by atoms with Gasteiger partial charge in [0, 0.05) is 12.0 Å². The molecule has 0 bridgehead atoms. The third kappa shape index (κ3) is 6.33. The maximum absolute atomic E-state index is 12.5. The van der Waals surface area contributed by atoms with E-state index >= 15 is 0 Å². The van der Waals surface area contributed by atoms with Crippen LogP contribution in [0.4, 0.5) is 0 Å². The number of hydrogen-bond acceptors (Lipinski definition) is 13. The molecule has 6 fully saturated rings. The Morgan fingerprint density at radius 1 is 0.707 bits per heavy atom. The van der Waals surface area contributed by atoms with Crippen molar-refractivity contribution in [3.05, 3.63) is 11.6 Å². The van der Waals surface area contributed by atoms with Crippen LogP contribution in [0.2, 0.25) is 0 Å². The number of fused-ring (bicyclic) bond motifs is 7. The highest BCUT2D eigenvalue weighted by Crippen LogP contribution is 2.76. The number of aliphatic hydroxyl groups excluding tert-OH is 6. The molecular weight excluding hydrogens is 760 g/mol. The van der Waals surface area contributed by atoms with Crippen molar-refractivity contribution in [2.45, 2.75) is 173 Å². The van der Waals surface area contributed by atoms with E-state index in [4.69, 9.17) is 18.9 Å². The molecule has 16 heteroatoms. The summed E-state index contributed by atoms with van der Waals surface area (Å²) in [5, 5.41) is 94.7. The highest BCUT2D eigenvalue weighted by atomic mass is 16.8. The third-order valence-electron chi connectivity index (χ3n) is 17.5. The number of carbonyl (C=O) groups is 3. The summed E-state index contributed by atoms with van der Waals surface area (Å²) in [6.45, 7) is 13.0. The summed E-state index contributed by atoms with van der Waals surface area (Å²) in [5.41, 5.74) is -1.01. The van der Waals surface area contributed by atoms with Crippen molar-refractivity contribution in [1.29, 1.82) is 0 Å². The van der Waals surface area contributed by atoms with Gasteiger partial charge in [-0.2, -0.15) is 0 Å². The van der Waals surface area contributed by atoms with Gasteiger partial charge in [0.25, 0.3) is 0 Å². The first-order valence-corrected chi connectivity index (χ1v) is 20.9. The zero-order valence-electron chi connectivity index (χ0n) is 34.3. The molecule has 7 rings (SSSR count). The van der Waals surface area contributed by atoms with E-state index in [0.29, 0.717) is 25.7 Å². The molecule has 2 aliphatic heterocycles. The number of ether oxygens (including phenoxy) is 4. The third-order valence-corrected chi connectivity index (χ3v) is 17.5. The van der Waals surface area contributed by atoms with Crippen molar-refractivity contribution < 1.29 is 79.3 Å². The molecule has 0 aromatic heterocycles. The van der Waals surface area contributed by atoms with E-state index in [2.05, 4.69) is 26.8 Å². The quantitative estimate of drug-likeness (QED) is 0.125. The molecule has 2 heterocycles. The van der Waals surface area contributed by atoms with Gasteiger partial charge in [0.1, 0.15) is 36.6 Å². The summed E-state index contributed by atoms with van der Waals surface area (Å²) in [6.07, 6.45) is -10.4. The van der Waals surface area contributed by atoms with Gasteiger partial charge in [0.2, 0.25) is 0 Å². The lowest BCUT2D eigenvalue weighted by molar-refractivity contribution is -0.372. The van der Waals surface area contributed by atoms with Gasteiger partial charge in [-0.15, -0.1) is 0 Å². The van der Waals surface area contributed by atoms with Gasteiger partial charge in [-0.1, -0.05) is 46.3 Å². The van der Waals surface area contributed by atoms with Crippen LogP contribution in [0, 0.1) is 50.2 Å². The standard InChI is InChI=1S/C42H64O16/c1-37(2)21-9-11-41(6)22(8-7-19-20-17-39(4,36(53)54)14-13-38(20,3)15-16-40(19,41)5)42(21,18-43)12-10-23(37)55-35-31(27(47)26(46)30(57-35)33(51)52)58-34-28(48)24(44)25(45)29(56-34)32(49)50/h7,20-31,34-35,43-48H,8-18H2,1-6H3,(H,49,50)(H,51,52)(H,53,54). The number of carboxylic acid groups (broad SMARTS) is 3. The Labute approximate surface area is 338 Å². The SMILES string of the molecule is CC1(C(=O)O)CCC2(C)CCC3(C)C(=CCC4C5(CO)CCC(OC6OC(C(=O)O)C(O)C(O)C6OC6OC(C(=O)O)C(O)C(O)C6O)C(C)(C)C5CCC43C)C2C1. The molecular formula is C42H64O16. The Kier molecular flexibility index (Phi) is 11.1. The molecule has 58 heavy (non-hydrogen) atoms. The average molecular weight is 825 g/mol. The Morgan fingerprint density at radius 2 is 1.31 bits per heavy atom. The summed E-state index contributed by atoms with van der Waals surface area (Å²) in [7, 11) is 0. The lowest BCUT2D eigenvalue weighted by atomic mass is 9.33. The molecule has 328 valence electrons. The van der Waals surface area contributed by atoms with E-state index in [1.54, 1.807) is 0 Å². The van der Waals surface area contributed by atoms with E-state index in [1.165, 1.54) is 5.57 Å². The number of rotatable bonds is 8. The molecule has 0 spiro atoms. The largest absolute Gasteiger partial charge is 0.481 e. The second kappa shape index (κ2) is 14.7. The van der Waals surface area contributed by atoms with Crippen molar-refractivity contribution >= 4 is 17.9 Å². The van der Waals surface area contributed by atoms with Gasteiger partial charge in [-0.05, 0) is 111 Å². The summed E-state index contributed by atoms with van der Waals surface area (Å²) >= 11 is 0. The lowest BCUT2D eigenvalue weighted by Gasteiger charge is -2.71. The Hall–Kier alpha value is -2.25. The predicted molar refractivity (Wildman–Crippen MR) is 200 cm³/mol. The number of hydrogen-bond donors (Lipinski definition) is 9. The zero-order chi connectivity index (χ0) is 42.7. The number of allylic oxidation sites excluding steroid dienone is 2. The summed E-state index contributed by atoms with van der Waals surface area (Å²) < 4.78 is 23.4. The van der Waals surface area contributed by atoms with E-state index in [1.807, 2.05) is 20.8 Å². The maximum Gasteiger partial charge on any atom is 0.335 e. The molecule has 0 aromatic rings. The normalized spacial score (nSPS) is 52.5. The van der Waals surface area contributed by atoms with E-state index in [-0.39, 0.29) is 40.6 Å². The highest BCUT2D eigenvalue weighted by molar-refractivity contribution is 5.75. The minimum atomic E-state index is -2.04. The maximum atomic E-state index is 12.5. The summed E-state index contributed by atoms with van der Waals surface area (Å²) in [5.74, 6) is -3.85. The van der Waals surface area contributed by atoms with Crippen LogP contribution in [-0.4, -0.2) is 138 Å². The van der Waals surface area contributed by atoms with Crippen molar-refractivity contribution in [3.63, 3.8) is 0 Å². The molecule has 4 saturated carbocycles. The Morgan fingerprint density at radius 3 is 1.91 bits per heavy atom. The van der Waals surface area contributed by atoms with Gasteiger partial charge >= 0.3 is 17.9 Å². The Bertz CT molecular complexity index is 1670. The molecule has 5 aliphatic carbocycles. The molecule has 19 atom stereocenters. The van der Waals surface area contributed by atoms with Crippen LogP contribution in [0.5, 0.6) is 0 Å². The first-order chi connectivity index (χ1) is 26.9. The van der Waals surface area contributed by atoms with Crippen LogP contribution >= 0.6 is 0 Å². The molecule has 19 unspecified atom stereocenters. The minimum Gasteiger partial charge on any atom is -0.481 e. The molecule has 9 N–H and O–H groups in total. The number of aliphatic carboxylic acids is 3. The van der Waals surface area contributed by atoms with E-state index in [9.17, 15) is 60.3 Å². The minimum absolute atomic E-state index is 0.0268. The van der Waals surface area contributed by atoms with Gasteiger partial charge in [-0.25, -0.2) is 9.59 Å². The first-order valence-electron chi connectivity index (χ1n) is 20.9.